The number of rotatable bonds is 4. The van der Waals surface area contributed by atoms with Crippen LogP contribution in [-0.4, -0.2) is 44.1 Å². The molecule has 154 valence electrons. The van der Waals surface area contributed by atoms with Gasteiger partial charge in [0.1, 0.15) is 17.2 Å². The number of aryl methyl sites for hydroxylation is 1. The molecule has 30 heavy (non-hydrogen) atoms. The summed E-state index contributed by atoms with van der Waals surface area (Å²) >= 11 is 0. The van der Waals surface area contributed by atoms with Crippen molar-refractivity contribution in [3.05, 3.63) is 53.9 Å². The summed E-state index contributed by atoms with van der Waals surface area (Å²) in [6.07, 6.45) is 3.87. The topological polar surface area (TPSA) is 68.6 Å². The molecule has 0 aliphatic carbocycles. The zero-order chi connectivity index (χ0) is 20.9. The average Bonchev–Trinajstić information content (AvgIpc) is 3.32. The van der Waals surface area contributed by atoms with Crippen molar-refractivity contribution in [1.29, 1.82) is 0 Å². The molecule has 0 saturated heterocycles. The van der Waals surface area contributed by atoms with Gasteiger partial charge in [-0.2, -0.15) is 5.10 Å². The summed E-state index contributed by atoms with van der Waals surface area (Å²) in [7, 11) is 1.50. The van der Waals surface area contributed by atoms with Crippen LogP contribution >= 0.6 is 0 Å². The van der Waals surface area contributed by atoms with Crippen molar-refractivity contribution in [2.24, 2.45) is 0 Å². The van der Waals surface area contributed by atoms with Crippen LogP contribution in [0.3, 0.4) is 0 Å². The van der Waals surface area contributed by atoms with Crippen molar-refractivity contribution in [3.63, 3.8) is 0 Å². The summed E-state index contributed by atoms with van der Waals surface area (Å²) in [5.41, 5.74) is 4.10. The molecule has 5 heterocycles. The largest absolute Gasteiger partial charge is 0.381 e. The summed E-state index contributed by atoms with van der Waals surface area (Å²) in [6.45, 7) is 2.05. The summed E-state index contributed by atoms with van der Waals surface area (Å²) in [4.78, 5) is 12.0. The van der Waals surface area contributed by atoms with Crippen LogP contribution in [0.1, 0.15) is 17.8 Å². The predicted octanol–water partition coefficient (Wildman–Crippen LogP) is 4.24. The van der Waals surface area contributed by atoms with Gasteiger partial charge in [0.05, 0.1) is 25.0 Å². The molecule has 4 aromatic heterocycles. The second kappa shape index (κ2) is 6.98. The van der Waals surface area contributed by atoms with Gasteiger partial charge in [-0.15, -0.1) is 0 Å². The highest BCUT2D eigenvalue weighted by atomic mass is 19.1. The lowest BCUT2D eigenvalue weighted by Crippen LogP contribution is -2.39. The molecular weight excluding hydrogens is 388 g/mol. The molecule has 0 amide bonds. The Morgan fingerprint density at radius 1 is 1.30 bits per heavy atom. The number of hydrogen-bond donors (Lipinski definition) is 1. The van der Waals surface area contributed by atoms with Crippen LogP contribution in [0.2, 0.25) is 0 Å². The summed E-state index contributed by atoms with van der Waals surface area (Å²) < 4.78 is 35.6. The Kier molecular flexibility index (Phi) is 4.39. The zero-order valence-corrected chi connectivity index (χ0v) is 16.7. The number of H-pyrrole nitrogens is 1. The maximum absolute atomic E-state index is 15.3. The van der Waals surface area contributed by atoms with Crippen LogP contribution in [0.15, 0.2) is 36.7 Å². The maximum atomic E-state index is 15.3. The molecule has 1 aliphatic rings. The third kappa shape index (κ3) is 3.08. The van der Waals surface area contributed by atoms with Crippen LogP contribution in [0.4, 0.5) is 8.78 Å². The van der Waals surface area contributed by atoms with Gasteiger partial charge in [-0.25, -0.2) is 13.8 Å². The van der Waals surface area contributed by atoms with E-state index in [4.69, 9.17) is 9.84 Å². The molecule has 1 atom stereocenters. The Bertz CT molecular complexity index is 1230. The second-order valence-corrected chi connectivity index (χ2v) is 7.82. The van der Waals surface area contributed by atoms with E-state index in [1.165, 1.54) is 19.4 Å². The lowest BCUT2D eigenvalue weighted by atomic mass is 9.91. The minimum Gasteiger partial charge on any atom is -0.381 e. The van der Waals surface area contributed by atoms with Gasteiger partial charge in [0.2, 0.25) is 0 Å². The molecule has 4 aromatic rings. The number of halogens is 2. The van der Waals surface area contributed by atoms with Crippen LogP contribution in [0.5, 0.6) is 0 Å². The quantitative estimate of drug-likeness (QED) is 0.548. The van der Waals surface area contributed by atoms with Crippen molar-refractivity contribution in [3.8, 4) is 22.5 Å². The minimum atomic E-state index is -1.48. The molecule has 0 aromatic carbocycles. The highest BCUT2D eigenvalue weighted by Gasteiger charge is 2.38. The van der Waals surface area contributed by atoms with Crippen molar-refractivity contribution in [1.82, 2.24) is 24.7 Å². The van der Waals surface area contributed by atoms with Gasteiger partial charge in [-0.3, -0.25) is 9.67 Å². The van der Waals surface area contributed by atoms with Crippen LogP contribution in [-0.2, 0) is 17.7 Å². The third-order valence-electron chi connectivity index (χ3n) is 5.60. The molecule has 0 saturated carbocycles. The molecule has 5 rings (SSSR count). The van der Waals surface area contributed by atoms with E-state index in [2.05, 4.69) is 15.0 Å². The van der Waals surface area contributed by atoms with E-state index >= 15 is 4.39 Å². The fourth-order valence-corrected chi connectivity index (χ4v) is 4.30. The molecular formula is C22H21F2N5O. The molecule has 0 radical (unpaired) electrons. The summed E-state index contributed by atoms with van der Waals surface area (Å²) in [5.74, 6) is -0.417. The van der Waals surface area contributed by atoms with Gasteiger partial charge in [0.15, 0.2) is 5.67 Å². The number of aromatic nitrogens is 5. The lowest BCUT2D eigenvalue weighted by Gasteiger charge is -2.30. The first-order valence-corrected chi connectivity index (χ1v) is 9.82. The van der Waals surface area contributed by atoms with Crippen molar-refractivity contribution in [2.45, 2.75) is 32.0 Å². The third-order valence-corrected chi connectivity index (χ3v) is 5.60. The number of nitrogens with one attached hydrogen (secondary N) is 1. The number of pyridine rings is 2. The van der Waals surface area contributed by atoms with Crippen molar-refractivity contribution in [2.75, 3.05) is 13.7 Å². The normalized spacial score (nSPS) is 18.7. The van der Waals surface area contributed by atoms with Gasteiger partial charge < -0.3 is 9.72 Å². The molecule has 0 bridgehead atoms. The Labute approximate surface area is 171 Å². The number of alkyl halides is 1. The molecule has 8 heteroatoms. The Morgan fingerprint density at radius 2 is 2.17 bits per heavy atom. The van der Waals surface area contributed by atoms with Crippen molar-refractivity contribution < 1.29 is 13.5 Å². The van der Waals surface area contributed by atoms with E-state index < -0.39 is 11.5 Å². The van der Waals surface area contributed by atoms with Crippen LogP contribution in [0, 0.1) is 12.7 Å². The zero-order valence-electron chi connectivity index (χ0n) is 16.7. The summed E-state index contributed by atoms with van der Waals surface area (Å²) in [5, 5.41) is 5.68. The Hall–Kier alpha value is -3.13. The van der Waals surface area contributed by atoms with Crippen LogP contribution in [0.25, 0.3) is 33.5 Å². The van der Waals surface area contributed by atoms with Gasteiger partial charge in [-0.1, -0.05) is 0 Å². The van der Waals surface area contributed by atoms with E-state index in [0.717, 1.165) is 33.5 Å². The second-order valence-electron chi connectivity index (χ2n) is 7.82. The monoisotopic (exact) mass is 409 g/mol. The fourth-order valence-electron chi connectivity index (χ4n) is 4.30. The average molecular weight is 409 g/mol. The molecule has 1 aliphatic heterocycles. The number of fused-ring (bicyclic) bond motifs is 2. The smallest absolute Gasteiger partial charge is 0.153 e. The van der Waals surface area contributed by atoms with Gasteiger partial charge >= 0.3 is 0 Å². The molecule has 0 fully saturated rings. The van der Waals surface area contributed by atoms with E-state index in [0.29, 0.717) is 24.2 Å². The number of hydrogen-bond acceptors (Lipinski definition) is 4. The fraction of sp³-hybridized carbons (Fsp3) is 0.318. The van der Waals surface area contributed by atoms with E-state index in [1.54, 1.807) is 10.7 Å². The first kappa shape index (κ1) is 18.9. The van der Waals surface area contributed by atoms with E-state index in [1.807, 2.05) is 25.3 Å². The first-order valence-electron chi connectivity index (χ1n) is 9.82. The molecule has 0 spiro atoms. The minimum absolute atomic E-state index is 0.0161. The van der Waals surface area contributed by atoms with E-state index in [-0.39, 0.29) is 13.2 Å². The lowest BCUT2D eigenvalue weighted by molar-refractivity contribution is 0.0100. The predicted molar refractivity (Wildman–Crippen MR) is 109 cm³/mol. The standard InChI is InChI=1S/C22H21F2N5O/c1-13-9-16(15-6-8-25-21(15)27-13)19-18-5-7-22(24,12-30-2)11-29(18)28-20(19)17-4-3-14(23)10-26-17/h3-4,6,8-10H,5,7,11-12H2,1-2H3,(H,25,27)/t22-/m0/s1. The Morgan fingerprint density at radius 3 is 2.93 bits per heavy atom. The number of aromatic amines is 1. The highest BCUT2D eigenvalue weighted by Crippen LogP contribution is 2.41. The van der Waals surface area contributed by atoms with Gasteiger partial charge in [0, 0.05) is 35.6 Å². The SMILES string of the molecule is COC[C@]1(F)CCc2c(-c3cc(C)nc4[nH]ccc34)c(-c3ccc(F)cn3)nn2C1. The maximum Gasteiger partial charge on any atom is 0.153 e. The van der Waals surface area contributed by atoms with Gasteiger partial charge in [0.25, 0.3) is 0 Å². The van der Waals surface area contributed by atoms with Crippen LogP contribution < -0.4 is 0 Å². The van der Waals surface area contributed by atoms with E-state index in [9.17, 15) is 4.39 Å². The number of nitrogens with zero attached hydrogens (tertiary/aromatic N) is 4. The highest BCUT2D eigenvalue weighted by molar-refractivity contribution is 5.98. The van der Waals surface area contributed by atoms with Crippen molar-refractivity contribution >= 4 is 11.0 Å². The summed E-state index contributed by atoms with van der Waals surface area (Å²) in [6, 6.07) is 6.94. The molecule has 6 nitrogen and oxygen atoms in total. The Balaban J connectivity index is 1.76. The molecule has 1 N–H and O–H groups in total. The number of methoxy groups -OCH3 is 1. The van der Waals surface area contributed by atoms with Gasteiger partial charge in [-0.05, 0) is 49.6 Å². The molecule has 0 unspecified atom stereocenters. The number of ether oxygens (including phenoxy) is 1. The first-order chi connectivity index (χ1) is 14.5.